The number of aromatic nitrogens is 1. The zero-order valence-corrected chi connectivity index (χ0v) is 15.6. The van der Waals surface area contributed by atoms with E-state index in [-0.39, 0.29) is 5.91 Å². The van der Waals surface area contributed by atoms with Gasteiger partial charge in [-0.05, 0) is 49.8 Å². The van der Waals surface area contributed by atoms with E-state index in [2.05, 4.69) is 53.2 Å². The Morgan fingerprint density at radius 1 is 0.963 bits per heavy atom. The van der Waals surface area contributed by atoms with Crippen molar-refractivity contribution in [1.29, 1.82) is 0 Å². The van der Waals surface area contributed by atoms with Crippen LogP contribution in [0.2, 0.25) is 0 Å². The predicted octanol–water partition coefficient (Wildman–Crippen LogP) is 5.77. The van der Waals surface area contributed by atoms with Crippen LogP contribution < -0.4 is 5.32 Å². The highest BCUT2D eigenvalue weighted by Gasteiger charge is 2.10. The number of hydrogen-bond donors (Lipinski definition) is 1. The highest BCUT2D eigenvalue weighted by molar-refractivity contribution is 6.10. The highest BCUT2D eigenvalue weighted by Crippen LogP contribution is 2.30. The number of fused-ring (bicyclic) bond motifs is 3. The van der Waals surface area contributed by atoms with Gasteiger partial charge in [-0.25, -0.2) is 0 Å². The second kappa shape index (κ2) is 7.12. The third-order valence-electron chi connectivity index (χ3n) is 4.86. The number of carbonyl (C=O) groups excluding carboxylic acids is 1. The third-order valence-corrected chi connectivity index (χ3v) is 4.86. The second-order valence-electron chi connectivity index (χ2n) is 6.73. The Labute approximate surface area is 158 Å². The molecule has 0 atom stereocenters. The molecule has 0 aliphatic heterocycles. The normalized spacial score (nSPS) is 11.5. The molecule has 1 amide bonds. The molecule has 0 saturated heterocycles. The van der Waals surface area contributed by atoms with Crippen LogP contribution >= 0.6 is 0 Å². The Morgan fingerprint density at radius 2 is 1.70 bits per heavy atom. The first kappa shape index (κ1) is 17.1. The fourth-order valence-corrected chi connectivity index (χ4v) is 3.51. The van der Waals surface area contributed by atoms with Crippen LogP contribution in [0.15, 0.2) is 72.8 Å². The number of benzene rings is 3. The van der Waals surface area contributed by atoms with Gasteiger partial charge in [-0.1, -0.05) is 48.0 Å². The Hall–Kier alpha value is -3.33. The van der Waals surface area contributed by atoms with Crippen molar-refractivity contribution in [3.8, 4) is 0 Å². The summed E-state index contributed by atoms with van der Waals surface area (Å²) in [6.07, 6.45) is 3.40. The van der Waals surface area contributed by atoms with Gasteiger partial charge in [0.25, 0.3) is 0 Å². The van der Waals surface area contributed by atoms with Crippen LogP contribution in [0.3, 0.4) is 0 Å². The molecular formula is C24H22N2O. The summed E-state index contributed by atoms with van der Waals surface area (Å²) in [5.74, 6) is -0.130. The van der Waals surface area contributed by atoms with Gasteiger partial charge in [0.1, 0.15) is 0 Å². The molecule has 0 fully saturated rings. The second-order valence-corrected chi connectivity index (χ2v) is 6.73. The van der Waals surface area contributed by atoms with Crippen molar-refractivity contribution >= 4 is 39.5 Å². The van der Waals surface area contributed by atoms with Gasteiger partial charge in [-0.2, -0.15) is 0 Å². The summed E-state index contributed by atoms with van der Waals surface area (Å²) in [4.78, 5) is 12.3. The fourth-order valence-electron chi connectivity index (χ4n) is 3.51. The lowest BCUT2D eigenvalue weighted by atomic mass is 10.1. The van der Waals surface area contributed by atoms with Crippen LogP contribution in [-0.2, 0) is 11.3 Å². The number of nitrogens with one attached hydrogen (secondary N) is 1. The van der Waals surface area contributed by atoms with Crippen molar-refractivity contribution in [3.63, 3.8) is 0 Å². The summed E-state index contributed by atoms with van der Waals surface area (Å²) in [6.45, 7) is 5.11. The number of carbonyl (C=O) groups is 1. The average Bonchev–Trinajstić information content (AvgIpc) is 3.01. The largest absolute Gasteiger partial charge is 0.341 e. The standard InChI is InChI=1S/C24H22N2O/c1-3-26-22-7-5-4-6-20(22)21-16-19(13-14-23(21)26)25-24(27)15-12-18-10-8-17(2)9-11-18/h4-16H,3H2,1-2H3,(H,25,27)/b15-12+. The first-order valence-electron chi connectivity index (χ1n) is 9.22. The average molecular weight is 354 g/mol. The van der Waals surface area contributed by atoms with Gasteiger partial charge in [0, 0.05) is 40.1 Å². The first-order chi connectivity index (χ1) is 13.2. The molecule has 1 heterocycles. The van der Waals surface area contributed by atoms with E-state index >= 15 is 0 Å². The van der Waals surface area contributed by atoms with Gasteiger partial charge in [-0.15, -0.1) is 0 Å². The monoisotopic (exact) mass is 354 g/mol. The van der Waals surface area contributed by atoms with Gasteiger partial charge in [-0.3, -0.25) is 4.79 Å². The van der Waals surface area contributed by atoms with Crippen LogP contribution in [0, 0.1) is 6.92 Å². The van der Waals surface area contributed by atoms with Crippen molar-refractivity contribution in [2.75, 3.05) is 5.32 Å². The minimum absolute atomic E-state index is 0.130. The quantitative estimate of drug-likeness (QED) is 0.463. The Morgan fingerprint density at radius 3 is 2.48 bits per heavy atom. The lowest BCUT2D eigenvalue weighted by Crippen LogP contribution is -2.07. The number of rotatable bonds is 4. The van der Waals surface area contributed by atoms with Crippen LogP contribution in [-0.4, -0.2) is 10.5 Å². The molecule has 1 aromatic heterocycles. The van der Waals surface area contributed by atoms with E-state index in [1.807, 2.05) is 43.3 Å². The van der Waals surface area contributed by atoms with E-state index in [1.54, 1.807) is 6.08 Å². The lowest BCUT2D eigenvalue weighted by molar-refractivity contribution is -0.111. The van der Waals surface area contributed by atoms with E-state index in [0.29, 0.717) is 0 Å². The third kappa shape index (κ3) is 3.36. The molecule has 0 unspecified atom stereocenters. The molecule has 0 aliphatic carbocycles. The van der Waals surface area contributed by atoms with Gasteiger partial charge in [0.2, 0.25) is 5.91 Å². The number of hydrogen-bond acceptors (Lipinski definition) is 1. The van der Waals surface area contributed by atoms with Crippen molar-refractivity contribution in [3.05, 3.63) is 83.9 Å². The van der Waals surface area contributed by atoms with Crippen LogP contribution in [0.4, 0.5) is 5.69 Å². The molecule has 3 heteroatoms. The number of amides is 1. The Balaban J connectivity index is 1.61. The molecule has 134 valence electrons. The maximum Gasteiger partial charge on any atom is 0.248 e. The minimum Gasteiger partial charge on any atom is -0.341 e. The predicted molar refractivity (Wildman–Crippen MR) is 114 cm³/mol. The van der Waals surface area contributed by atoms with Crippen molar-refractivity contribution in [2.45, 2.75) is 20.4 Å². The minimum atomic E-state index is -0.130. The van der Waals surface area contributed by atoms with Gasteiger partial charge in [0.15, 0.2) is 0 Å². The van der Waals surface area contributed by atoms with E-state index < -0.39 is 0 Å². The summed E-state index contributed by atoms with van der Waals surface area (Å²) in [7, 11) is 0. The van der Waals surface area contributed by atoms with Gasteiger partial charge in [0.05, 0.1) is 0 Å². The lowest BCUT2D eigenvalue weighted by Gasteiger charge is -2.05. The summed E-state index contributed by atoms with van der Waals surface area (Å²) in [6, 6.07) is 22.6. The van der Waals surface area contributed by atoms with Gasteiger partial charge >= 0.3 is 0 Å². The molecule has 1 N–H and O–H groups in total. The van der Waals surface area contributed by atoms with Gasteiger partial charge < -0.3 is 9.88 Å². The van der Waals surface area contributed by atoms with E-state index in [4.69, 9.17) is 0 Å². The summed E-state index contributed by atoms with van der Waals surface area (Å²) < 4.78 is 2.30. The molecule has 3 aromatic carbocycles. The molecular weight excluding hydrogens is 332 g/mol. The van der Waals surface area contributed by atoms with Crippen molar-refractivity contribution < 1.29 is 4.79 Å². The summed E-state index contributed by atoms with van der Waals surface area (Å²) >= 11 is 0. The topological polar surface area (TPSA) is 34.0 Å². The molecule has 4 aromatic rings. The molecule has 0 radical (unpaired) electrons. The van der Waals surface area contributed by atoms with E-state index in [1.165, 1.54) is 22.0 Å². The summed E-state index contributed by atoms with van der Waals surface area (Å²) in [5.41, 5.74) is 5.43. The molecule has 0 saturated carbocycles. The van der Waals surface area contributed by atoms with Crippen molar-refractivity contribution in [1.82, 2.24) is 4.57 Å². The maximum absolute atomic E-state index is 12.3. The molecule has 3 nitrogen and oxygen atoms in total. The number of anilines is 1. The molecule has 4 rings (SSSR count). The van der Waals surface area contributed by atoms with E-state index in [0.717, 1.165) is 23.2 Å². The van der Waals surface area contributed by atoms with Crippen LogP contribution in [0.1, 0.15) is 18.1 Å². The SMILES string of the molecule is CCn1c2ccccc2c2cc(NC(=O)/C=C/c3ccc(C)cc3)ccc21. The molecule has 27 heavy (non-hydrogen) atoms. The summed E-state index contributed by atoms with van der Waals surface area (Å²) in [5, 5.41) is 5.34. The van der Waals surface area contributed by atoms with Crippen LogP contribution in [0.5, 0.6) is 0 Å². The van der Waals surface area contributed by atoms with Crippen molar-refractivity contribution in [2.24, 2.45) is 0 Å². The number of para-hydroxylation sites is 1. The Kier molecular flexibility index (Phi) is 4.51. The van der Waals surface area contributed by atoms with Crippen LogP contribution in [0.25, 0.3) is 27.9 Å². The smallest absolute Gasteiger partial charge is 0.248 e. The first-order valence-corrected chi connectivity index (χ1v) is 9.22. The maximum atomic E-state index is 12.3. The van der Waals surface area contributed by atoms with E-state index in [9.17, 15) is 4.79 Å². The zero-order valence-electron chi connectivity index (χ0n) is 15.6. The number of nitrogens with zero attached hydrogens (tertiary/aromatic N) is 1. The number of aryl methyl sites for hydroxylation is 2. The highest BCUT2D eigenvalue weighted by atomic mass is 16.1. The Bertz CT molecular complexity index is 1150. The molecule has 0 spiro atoms. The fraction of sp³-hybridized carbons (Fsp3) is 0.125. The zero-order chi connectivity index (χ0) is 18.8. The molecule has 0 bridgehead atoms. The molecule has 0 aliphatic rings.